The van der Waals surface area contributed by atoms with E-state index in [4.69, 9.17) is 14.0 Å². The maximum absolute atomic E-state index is 12.2. The second-order valence-electron chi connectivity index (χ2n) is 7.87. The molecule has 1 N–H and O–H groups in total. The molecule has 0 aliphatic carbocycles. The Kier molecular flexibility index (Phi) is 8.00. The van der Waals surface area contributed by atoms with Crippen LogP contribution in [0.3, 0.4) is 0 Å². The summed E-state index contributed by atoms with van der Waals surface area (Å²) in [6, 6.07) is 6.97. The summed E-state index contributed by atoms with van der Waals surface area (Å²) in [5.74, 6) is -1.12. The first-order chi connectivity index (χ1) is 14.2. The van der Waals surface area contributed by atoms with Crippen LogP contribution in [0, 0.1) is 5.41 Å². The van der Waals surface area contributed by atoms with Gasteiger partial charge in [0.25, 0.3) is 0 Å². The molecule has 0 atom stereocenters. The molecular formula is C22H30N2O6. The summed E-state index contributed by atoms with van der Waals surface area (Å²) in [4.78, 5) is 43.2. The fourth-order valence-corrected chi connectivity index (χ4v) is 2.72. The van der Waals surface area contributed by atoms with E-state index in [9.17, 15) is 14.4 Å². The SMILES string of the molecule is CCN(CC)c1ccc2cc(C(=O)ONCCCOC(=O)C(C)(C)C)c(=O)oc2c1. The number of nitrogens with zero attached hydrogens (tertiary/aromatic N) is 1. The number of rotatable bonds is 9. The van der Waals surface area contributed by atoms with Crippen molar-refractivity contribution in [2.45, 2.75) is 41.0 Å². The summed E-state index contributed by atoms with van der Waals surface area (Å²) in [5.41, 5.74) is 2.33. The molecule has 0 radical (unpaired) electrons. The number of hydroxylamine groups is 1. The number of anilines is 1. The molecule has 0 amide bonds. The van der Waals surface area contributed by atoms with Gasteiger partial charge in [0.15, 0.2) is 0 Å². The van der Waals surface area contributed by atoms with Crippen molar-refractivity contribution in [1.29, 1.82) is 0 Å². The van der Waals surface area contributed by atoms with Gasteiger partial charge in [-0.05, 0) is 59.2 Å². The van der Waals surface area contributed by atoms with E-state index in [0.717, 1.165) is 18.8 Å². The zero-order valence-corrected chi connectivity index (χ0v) is 18.2. The standard InChI is InChI=1S/C22H30N2O6/c1-6-24(7-2)16-10-9-15-13-17(19(25)29-18(15)14-16)20(26)30-23-11-8-12-28-21(27)22(3,4)5/h9-10,13-14,23H,6-8,11-12H2,1-5H3. The third kappa shape index (κ3) is 6.06. The number of hydrogen-bond donors (Lipinski definition) is 1. The van der Waals surface area contributed by atoms with E-state index in [-0.39, 0.29) is 24.7 Å². The fourth-order valence-electron chi connectivity index (χ4n) is 2.72. The van der Waals surface area contributed by atoms with Gasteiger partial charge in [0.1, 0.15) is 11.1 Å². The molecule has 0 fully saturated rings. The number of carbonyl (C=O) groups excluding carboxylic acids is 2. The summed E-state index contributed by atoms with van der Waals surface area (Å²) >= 11 is 0. The van der Waals surface area contributed by atoms with E-state index >= 15 is 0 Å². The van der Waals surface area contributed by atoms with Crippen molar-refractivity contribution < 1.29 is 23.6 Å². The second kappa shape index (κ2) is 10.2. The average molecular weight is 418 g/mol. The van der Waals surface area contributed by atoms with Crippen LogP contribution in [-0.2, 0) is 14.4 Å². The van der Waals surface area contributed by atoms with Crippen LogP contribution >= 0.6 is 0 Å². The Bertz CT molecular complexity index is 941. The molecule has 0 bridgehead atoms. The number of esters is 1. The normalized spacial score (nSPS) is 11.4. The van der Waals surface area contributed by atoms with Crippen LogP contribution in [0.15, 0.2) is 33.5 Å². The Morgan fingerprint density at radius 1 is 1.13 bits per heavy atom. The molecule has 8 heteroatoms. The van der Waals surface area contributed by atoms with Gasteiger partial charge in [-0.2, -0.15) is 5.48 Å². The summed E-state index contributed by atoms with van der Waals surface area (Å²) < 4.78 is 10.4. The van der Waals surface area contributed by atoms with E-state index in [1.807, 2.05) is 19.9 Å². The number of benzene rings is 1. The van der Waals surface area contributed by atoms with Crippen molar-refractivity contribution in [3.05, 3.63) is 40.2 Å². The molecule has 1 aromatic heterocycles. The predicted octanol–water partition coefficient (Wildman–Crippen LogP) is 3.28. The summed E-state index contributed by atoms with van der Waals surface area (Å²) in [5, 5.41) is 0.631. The molecule has 1 heterocycles. The molecular weight excluding hydrogens is 388 g/mol. The lowest BCUT2D eigenvalue weighted by Gasteiger charge is -2.20. The first-order valence-electron chi connectivity index (χ1n) is 10.1. The van der Waals surface area contributed by atoms with Crippen LogP contribution < -0.4 is 16.0 Å². The Balaban J connectivity index is 1.93. The van der Waals surface area contributed by atoms with Crippen LogP contribution in [0.5, 0.6) is 0 Å². The van der Waals surface area contributed by atoms with E-state index < -0.39 is 17.0 Å². The molecule has 0 aliphatic rings. The topological polar surface area (TPSA) is 98.1 Å². The van der Waals surface area contributed by atoms with E-state index in [1.165, 1.54) is 6.07 Å². The summed E-state index contributed by atoms with van der Waals surface area (Å²) in [6.45, 7) is 11.5. The smallest absolute Gasteiger partial charge is 0.364 e. The molecule has 0 spiro atoms. The molecule has 1 aromatic carbocycles. The fraction of sp³-hybridized carbons (Fsp3) is 0.500. The highest BCUT2D eigenvalue weighted by molar-refractivity contribution is 5.93. The highest BCUT2D eigenvalue weighted by Crippen LogP contribution is 2.22. The van der Waals surface area contributed by atoms with Gasteiger partial charge >= 0.3 is 17.6 Å². The zero-order valence-electron chi connectivity index (χ0n) is 18.2. The van der Waals surface area contributed by atoms with Crippen molar-refractivity contribution >= 4 is 28.6 Å². The Morgan fingerprint density at radius 3 is 2.47 bits per heavy atom. The third-order valence-corrected chi connectivity index (χ3v) is 4.50. The maximum atomic E-state index is 12.2. The van der Waals surface area contributed by atoms with Gasteiger partial charge in [-0.15, -0.1) is 0 Å². The van der Waals surface area contributed by atoms with Crippen molar-refractivity contribution in [2.24, 2.45) is 5.41 Å². The molecule has 2 aromatic rings. The minimum absolute atomic E-state index is 0.190. The average Bonchev–Trinajstić information content (AvgIpc) is 2.69. The Morgan fingerprint density at radius 2 is 1.83 bits per heavy atom. The number of fused-ring (bicyclic) bond motifs is 1. The van der Waals surface area contributed by atoms with Crippen molar-refractivity contribution in [2.75, 3.05) is 31.1 Å². The highest BCUT2D eigenvalue weighted by atomic mass is 16.7. The lowest BCUT2D eigenvalue weighted by molar-refractivity contribution is -0.153. The van der Waals surface area contributed by atoms with E-state index in [2.05, 4.69) is 10.4 Å². The lowest BCUT2D eigenvalue weighted by Crippen LogP contribution is -2.27. The van der Waals surface area contributed by atoms with Gasteiger partial charge in [0.2, 0.25) is 0 Å². The minimum Gasteiger partial charge on any atom is -0.465 e. The van der Waals surface area contributed by atoms with Crippen molar-refractivity contribution in [3.8, 4) is 0 Å². The monoisotopic (exact) mass is 418 g/mol. The first-order valence-corrected chi connectivity index (χ1v) is 10.1. The quantitative estimate of drug-likeness (QED) is 0.287. The van der Waals surface area contributed by atoms with Crippen molar-refractivity contribution in [1.82, 2.24) is 5.48 Å². The van der Waals surface area contributed by atoms with Crippen LogP contribution in [0.4, 0.5) is 5.69 Å². The van der Waals surface area contributed by atoms with Crippen LogP contribution in [0.1, 0.15) is 51.4 Å². The molecule has 0 saturated carbocycles. The van der Waals surface area contributed by atoms with Gasteiger partial charge in [-0.25, -0.2) is 9.59 Å². The van der Waals surface area contributed by atoms with Crippen LogP contribution in [0.2, 0.25) is 0 Å². The molecule has 30 heavy (non-hydrogen) atoms. The van der Waals surface area contributed by atoms with Crippen LogP contribution in [0.25, 0.3) is 11.0 Å². The van der Waals surface area contributed by atoms with Gasteiger partial charge in [-0.1, -0.05) is 0 Å². The molecule has 0 saturated heterocycles. The molecule has 0 unspecified atom stereocenters. The van der Waals surface area contributed by atoms with Gasteiger partial charge < -0.3 is 18.9 Å². The number of nitrogens with one attached hydrogen (secondary N) is 1. The first kappa shape index (κ1) is 23.4. The van der Waals surface area contributed by atoms with Gasteiger partial charge in [-0.3, -0.25) is 4.79 Å². The summed E-state index contributed by atoms with van der Waals surface area (Å²) in [6.07, 6.45) is 0.454. The Hall–Kier alpha value is -2.87. The number of carbonyl (C=O) groups is 2. The number of ether oxygens (including phenoxy) is 1. The largest absolute Gasteiger partial charge is 0.465 e. The molecule has 2 rings (SSSR count). The molecule has 164 valence electrons. The van der Waals surface area contributed by atoms with Gasteiger partial charge in [0.05, 0.1) is 12.0 Å². The van der Waals surface area contributed by atoms with E-state index in [0.29, 0.717) is 17.4 Å². The van der Waals surface area contributed by atoms with E-state index in [1.54, 1.807) is 32.9 Å². The minimum atomic E-state index is -0.829. The zero-order chi connectivity index (χ0) is 22.3. The molecule has 0 aliphatic heterocycles. The Labute approximate surface area is 176 Å². The van der Waals surface area contributed by atoms with Crippen LogP contribution in [-0.4, -0.2) is 38.2 Å². The highest BCUT2D eigenvalue weighted by Gasteiger charge is 2.22. The maximum Gasteiger partial charge on any atom is 0.364 e. The molecule has 8 nitrogen and oxygen atoms in total. The summed E-state index contributed by atoms with van der Waals surface area (Å²) in [7, 11) is 0. The predicted molar refractivity (Wildman–Crippen MR) is 114 cm³/mol. The number of hydrogen-bond acceptors (Lipinski definition) is 8. The third-order valence-electron chi connectivity index (χ3n) is 4.50. The van der Waals surface area contributed by atoms with Crippen molar-refractivity contribution in [3.63, 3.8) is 0 Å². The second-order valence-corrected chi connectivity index (χ2v) is 7.87. The lowest BCUT2D eigenvalue weighted by atomic mass is 9.97. The van der Waals surface area contributed by atoms with Gasteiger partial charge in [0, 0.05) is 36.8 Å².